The molecule has 0 bridgehead atoms. The average molecular weight is 487 g/mol. The molecule has 1 aliphatic heterocycles. The minimum absolute atomic E-state index is 0.0293. The van der Waals surface area contributed by atoms with Crippen molar-refractivity contribution in [3.05, 3.63) is 24.8 Å². The van der Waals surface area contributed by atoms with Crippen LogP contribution >= 0.6 is 45.2 Å². The van der Waals surface area contributed by atoms with Crippen molar-refractivity contribution in [1.29, 1.82) is 0 Å². The number of hydrogen-bond donors (Lipinski definition) is 1. The second-order valence-electron chi connectivity index (χ2n) is 3.71. The van der Waals surface area contributed by atoms with Crippen LogP contribution in [-0.2, 0) is 14.4 Å². The number of carbonyl (C=O) groups excluding carboxylic acids is 3. The van der Waals surface area contributed by atoms with Crippen LogP contribution in [0.15, 0.2) is 12.1 Å². The minimum atomic E-state index is -0.927. The zero-order chi connectivity index (χ0) is 14.2. The Morgan fingerprint density at radius 2 is 1.68 bits per heavy atom. The van der Waals surface area contributed by atoms with Crippen LogP contribution in [0.3, 0.4) is 0 Å². The second kappa shape index (κ2) is 5.61. The topological polar surface area (TPSA) is 83.9 Å². The molecular formula is C11H7I2NO5. The number of nitrogens with zero attached hydrogens (tertiary/aromatic N) is 1. The van der Waals surface area contributed by atoms with Gasteiger partial charge in [-0.05, 0) is 57.3 Å². The number of halogens is 2. The zero-order valence-corrected chi connectivity index (χ0v) is 13.7. The summed E-state index contributed by atoms with van der Waals surface area (Å²) in [5.74, 6) is -2.27. The lowest BCUT2D eigenvalue weighted by Gasteiger charge is -2.14. The van der Waals surface area contributed by atoms with Gasteiger partial charge < -0.3 is 9.94 Å². The maximum atomic E-state index is 11.9. The quantitative estimate of drug-likeness (QED) is 0.509. The fourth-order valence-electron chi connectivity index (χ4n) is 1.52. The van der Waals surface area contributed by atoms with Crippen LogP contribution in [0.5, 0.6) is 5.75 Å². The summed E-state index contributed by atoms with van der Waals surface area (Å²) < 4.78 is 0.948. The molecule has 0 spiro atoms. The third kappa shape index (κ3) is 2.83. The molecule has 0 unspecified atom stereocenters. The Morgan fingerprint density at radius 1 is 1.16 bits per heavy atom. The smallest absolute Gasteiger partial charge is 0.368 e. The van der Waals surface area contributed by atoms with Crippen molar-refractivity contribution in [2.24, 2.45) is 0 Å². The number of benzene rings is 1. The van der Waals surface area contributed by atoms with Gasteiger partial charge in [-0.2, -0.15) is 0 Å². The number of rotatable bonds is 2. The Morgan fingerprint density at radius 3 is 2.26 bits per heavy atom. The number of hydrogen-bond acceptors (Lipinski definition) is 5. The molecule has 0 saturated carbocycles. The molecule has 1 aromatic rings. The molecule has 1 fully saturated rings. The molecule has 100 valence electrons. The van der Waals surface area contributed by atoms with Crippen molar-refractivity contribution in [1.82, 2.24) is 5.06 Å². The van der Waals surface area contributed by atoms with Gasteiger partial charge in [-0.25, -0.2) is 4.79 Å². The molecule has 8 heteroatoms. The summed E-state index contributed by atoms with van der Waals surface area (Å²) in [6, 6.07) is 3.27. The molecule has 1 saturated heterocycles. The third-order valence-corrected chi connectivity index (χ3v) is 4.23. The molecule has 0 aliphatic carbocycles. The highest BCUT2D eigenvalue weighted by molar-refractivity contribution is 14.1. The van der Waals surface area contributed by atoms with Crippen molar-refractivity contribution in [3.63, 3.8) is 0 Å². The van der Waals surface area contributed by atoms with Crippen LogP contribution in [-0.4, -0.2) is 28.0 Å². The molecule has 1 heterocycles. The monoisotopic (exact) mass is 487 g/mol. The van der Waals surface area contributed by atoms with Crippen LogP contribution in [0.25, 0.3) is 0 Å². The number of phenols is 1. The standard InChI is InChI=1S/C11H7I2NO5/c12-5-1-2-6(13)10(17)9(5)11(18)19-14-7(15)3-4-8(14)16/h1-2,17H,3-4H2. The van der Waals surface area contributed by atoms with Gasteiger partial charge in [0.15, 0.2) is 0 Å². The summed E-state index contributed by atoms with van der Waals surface area (Å²) >= 11 is 3.73. The van der Waals surface area contributed by atoms with E-state index in [1.165, 1.54) is 0 Å². The van der Waals surface area contributed by atoms with Crippen LogP contribution < -0.4 is 0 Å². The molecule has 6 nitrogen and oxygen atoms in total. The zero-order valence-electron chi connectivity index (χ0n) is 9.35. The van der Waals surface area contributed by atoms with Crippen LogP contribution in [0.1, 0.15) is 23.2 Å². The number of aromatic hydroxyl groups is 1. The molecule has 1 aromatic carbocycles. The van der Waals surface area contributed by atoms with Crippen LogP contribution in [0, 0.1) is 7.14 Å². The molecule has 0 aromatic heterocycles. The molecule has 19 heavy (non-hydrogen) atoms. The number of phenolic OH excluding ortho intramolecular Hbond substituents is 1. The van der Waals surface area contributed by atoms with E-state index < -0.39 is 17.8 Å². The first-order valence-electron chi connectivity index (χ1n) is 5.17. The lowest BCUT2D eigenvalue weighted by Crippen LogP contribution is -2.32. The highest BCUT2D eigenvalue weighted by Gasteiger charge is 2.34. The predicted molar refractivity (Wildman–Crippen MR) is 80.0 cm³/mol. The van der Waals surface area contributed by atoms with Gasteiger partial charge in [0.2, 0.25) is 0 Å². The number of amides is 2. The molecule has 0 atom stereocenters. The van der Waals surface area contributed by atoms with E-state index in [-0.39, 0.29) is 24.2 Å². The van der Waals surface area contributed by atoms with Crippen molar-refractivity contribution in [2.75, 3.05) is 0 Å². The van der Waals surface area contributed by atoms with Crippen molar-refractivity contribution in [2.45, 2.75) is 12.8 Å². The van der Waals surface area contributed by atoms with E-state index >= 15 is 0 Å². The van der Waals surface area contributed by atoms with E-state index in [0.717, 1.165) is 0 Å². The van der Waals surface area contributed by atoms with Crippen molar-refractivity contribution in [3.8, 4) is 5.75 Å². The van der Waals surface area contributed by atoms with Gasteiger partial charge in [0, 0.05) is 16.4 Å². The van der Waals surface area contributed by atoms with Gasteiger partial charge in [0.25, 0.3) is 11.8 Å². The van der Waals surface area contributed by atoms with Gasteiger partial charge in [0.1, 0.15) is 11.3 Å². The Labute approximate surface area is 135 Å². The van der Waals surface area contributed by atoms with E-state index in [4.69, 9.17) is 4.84 Å². The molecular weight excluding hydrogens is 480 g/mol. The largest absolute Gasteiger partial charge is 0.506 e. The lowest BCUT2D eigenvalue weighted by atomic mass is 10.2. The van der Waals surface area contributed by atoms with Crippen molar-refractivity contribution >= 4 is 63.0 Å². The normalized spacial score (nSPS) is 14.9. The van der Waals surface area contributed by atoms with E-state index in [1.54, 1.807) is 12.1 Å². The second-order valence-corrected chi connectivity index (χ2v) is 6.04. The molecule has 0 radical (unpaired) electrons. The van der Waals surface area contributed by atoms with E-state index in [1.807, 2.05) is 45.2 Å². The first kappa shape index (κ1) is 14.5. The highest BCUT2D eigenvalue weighted by atomic mass is 127. The summed E-state index contributed by atoms with van der Waals surface area (Å²) in [7, 11) is 0. The van der Waals surface area contributed by atoms with Crippen LogP contribution in [0.2, 0.25) is 0 Å². The lowest BCUT2D eigenvalue weighted by molar-refractivity contribution is -0.172. The predicted octanol–water partition coefficient (Wildman–Crippen LogP) is 1.82. The van der Waals surface area contributed by atoms with Gasteiger partial charge in [-0.3, -0.25) is 9.59 Å². The van der Waals surface area contributed by atoms with E-state index in [2.05, 4.69) is 0 Å². The maximum Gasteiger partial charge on any atom is 0.368 e. The highest BCUT2D eigenvalue weighted by Crippen LogP contribution is 2.29. The first-order chi connectivity index (χ1) is 8.91. The van der Waals surface area contributed by atoms with Gasteiger partial charge in [0.05, 0.1) is 3.57 Å². The third-order valence-electron chi connectivity index (χ3n) is 2.46. The minimum Gasteiger partial charge on any atom is -0.506 e. The fraction of sp³-hybridized carbons (Fsp3) is 0.182. The van der Waals surface area contributed by atoms with E-state index in [9.17, 15) is 19.5 Å². The average Bonchev–Trinajstić information content (AvgIpc) is 2.66. The Kier molecular flexibility index (Phi) is 4.28. The summed E-state index contributed by atoms with van der Waals surface area (Å²) in [5, 5.41) is 10.3. The van der Waals surface area contributed by atoms with E-state index in [0.29, 0.717) is 12.2 Å². The number of hydroxylamine groups is 2. The molecule has 1 N–H and O–H groups in total. The Hall–Kier alpha value is -0.910. The molecule has 1 aliphatic rings. The van der Waals surface area contributed by atoms with Gasteiger partial charge in [-0.1, -0.05) is 0 Å². The van der Waals surface area contributed by atoms with Gasteiger partial charge in [-0.15, -0.1) is 5.06 Å². The molecule has 2 rings (SSSR count). The Bertz CT molecular complexity index is 571. The molecule has 2 amide bonds. The van der Waals surface area contributed by atoms with Crippen LogP contribution in [0.4, 0.5) is 0 Å². The summed E-state index contributed by atoms with van der Waals surface area (Å²) in [6.07, 6.45) is 0.0586. The fourth-order valence-corrected chi connectivity index (χ4v) is 2.63. The number of carbonyl (C=O) groups is 3. The van der Waals surface area contributed by atoms with Crippen molar-refractivity contribution < 1.29 is 24.3 Å². The van der Waals surface area contributed by atoms with Gasteiger partial charge >= 0.3 is 5.97 Å². The maximum absolute atomic E-state index is 11.9. The SMILES string of the molecule is O=C(ON1C(=O)CCC1=O)c1c(I)ccc(I)c1O. The summed E-state index contributed by atoms with van der Waals surface area (Å²) in [4.78, 5) is 39.4. The number of imide groups is 1. The Balaban J connectivity index is 2.28. The first-order valence-corrected chi connectivity index (χ1v) is 7.32. The summed E-state index contributed by atoms with van der Waals surface area (Å²) in [6.45, 7) is 0. The summed E-state index contributed by atoms with van der Waals surface area (Å²) in [5.41, 5.74) is -0.0556.